The van der Waals surface area contributed by atoms with E-state index in [1.165, 1.54) is 0 Å². The van der Waals surface area contributed by atoms with E-state index in [-0.39, 0.29) is 12.0 Å². The van der Waals surface area contributed by atoms with Crippen LogP contribution in [0.3, 0.4) is 0 Å². The summed E-state index contributed by atoms with van der Waals surface area (Å²) in [5.41, 5.74) is -0.231. The SMILES string of the molecule is C=CCC(C=CC)(C=CC)CO. The summed E-state index contributed by atoms with van der Waals surface area (Å²) < 4.78 is 0. The van der Waals surface area contributed by atoms with Gasteiger partial charge in [0.2, 0.25) is 0 Å². The molecule has 0 aromatic carbocycles. The van der Waals surface area contributed by atoms with Gasteiger partial charge in [0, 0.05) is 5.41 Å². The van der Waals surface area contributed by atoms with E-state index in [4.69, 9.17) is 0 Å². The second-order valence-corrected chi connectivity index (χ2v) is 2.88. The molecule has 0 aliphatic carbocycles. The molecule has 12 heavy (non-hydrogen) atoms. The molecule has 0 atom stereocenters. The molecule has 0 fully saturated rings. The summed E-state index contributed by atoms with van der Waals surface area (Å²) in [5.74, 6) is 0. The predicted molar refractivity (Wildman–Crippen MR) is 54.0 cm³/mol. The maximum absolute atomic E-state index is 9.22. The van der Waals surface area contributed by atoms with Crippen LogP contribution < -0.4 is 0 Å². The van der Waals surface area contributed by atoms with E-state index in [1.54, 1.807) is 0 Å². The first-order valence-electron chi connectivity index (χ1n) is 4.24. The third-order valence-corrected chi connectivity index (χ3v) is 1.82. The Kier molecular flexibility index (Phi) is 5.39. The Morgan fingerprint density at radius 1 is 1.25 bits per heavy atom. The van der Waals surface area contributed by atoms with Crippen LogP contribution in [-0.2, 0) is 0 Å². The van der Waals surface area contributed by atoms with Crippen LogP contribution in [0.25, 0.3) is 0 Å². The molecule has 0 saturated heterocycles. The molecule has 0 aliphatic rings. The van der Waals surface area contributed by atoms with Crippen molar-refractivity contribution < 1.29 is 5.11 Å². The maximum Gasteiger partial charge on any atom is 0.0559 e. The normalized spacial score (nSPS) is 16.9. The third-order valence-electron chi connectivity index (χ3n) is 1.82. The van der Waals surface area contributed by atoms with Gasteiger partial charge in [-0.3, -0.25) is 0 Å². The Hall–Kier alpha value is -0.820. The summed E-state index contributed by atoms with van der Waals surface area (Å²) >= 11 is 0. The molecular formula is C11H18O. The topological polar surface area (TPSA) is 20.2 Å². The molecule has 1 nitrogen and oxygen atoms in total. The van der Waals surface area contributed by atoms with E-state index < -0.39 is 0 Å². The van der Waals surface area contributed by atoms with Crippen molar-refractivity contribution in [3.63, 3.8) is 0 Å². The Morgan fingerprint density at radius 2 is 1.75 bits per heavy atom. The second-order valence-electron chi connectivity index (χ2n) is 2.88. The monoisotopic (exact) mass is 166 g/mol. The minimum Gasteiger partial charge on any atom is -0.395 e. The van der Waals surface area contributed by atoms with E-state index in [0.717, 1.165) is 6.42 Å². The van der Waals surface area contributed by atoms with Gasteiger partial charge < -0.3 is 5.11 Å². The average Bonchev–Trinajstić information content (AvgIpc) is 2.06. The van der Waals surface area contributed by atoms with Crippen molar-refractivity contribution >= 4 is 0 Å². The Labute approximate surface area is 75.1 Å². The fourth-order valence-corrected chi connectivity index (χ4v) is 1.29. The molecule has 0 spiro atoms. The second kappa shape index (κ2) is 5.78. The molecule has 0 aromatic rings. The summed E-state index contributed by atoms with van der Waals surface area (Å²) in [6, 6.07) is 0. The minimum atomic E-state index is -0.231. The molecule has 1 N–H and O–H groups in total. The Bertz CT molecular complexity index is 165. The lowest BCUT2D eigenvalue weighted by Crippen LogP contribution is -2.18. The van der Waals surface area contributed by atoms with Gasteiger partial charge in [0.15, 0.2) is 0 Å². The number of aliphatic hydroxyl groups is 1. The predicted octanol–water partition coefficient (Wildman–Crippen LogP) is 2.69. The number of hydrogen-bond acceptors (Lipinski definition) is 1. The fraction of sp³-hybridized carbons (Fsp3) is 0.455. The lowest BCUT2D eigenvalue weighted by atomic mass is 9.84. The number of aliphatic hydroxyl groups excluding tert-OH is 1. The minimum absolute atomic E-state index is 0.133. The summed E-state index contributed by atoms with van der Waals surface area (Å²) in [7, 11) is 0. The van der Waals surface area contributed by atoms with Gasteiger partial charge in [-0.1, -0.05) is 30.4 Å². The van der Waals surface area contributed by atoms with Crippen molar-refractivity contribution in [1.29, 1.82) is 0 Å². The van der Waals surface area contributed by atoms with Crippen molar-refractivity contribution in [2.45, 2.75) is 20.3 Å². The first-order chi connectivity index (χ1) is 5.74. The molecule has 0 saturated carbocycles. The summed E-state index contributed by atoms with van der Waals surface area (Å²) in [6.45, 7) is 7.72. The Balaban J connectivity index is 4.60. The van der Waals surface area contributed by atoms with Crippen molar-refractivity contribution in [3.8, 4) is 0 Å². The van der Waals surface area contributed by atoms with E-state index in [2.05, 4.69) is 6.58 Å². The van der Waals surface area contributed by atoms with E-state index in [9.17, 15) is 5.11 Å². The highest BCUT2D eigenvalue weighted by Gasteiger charge is 2.19. The van der Waals surface area contributed by atoms with Gasteiger partial charge in [-0.2, -0.15) is 0 Å². The summed E-state index contributed by atoms with van der Waals surface area (Å²) in [6.07, 6.45) is 10.5. The molecule has 0 bridgehead atoms. The smallest absolute Gasteiger partial charge is 0.0559 e. The quantitative estimate of drug-likeness (QED) is 0.622. The van der Waals surface area contributed by atoms with Crippen molar-refractivity contribution in [2.24, 2.45) is 5.41 Å². The van der Waals surface area contributed by atoms with Crippen LogP contribution in [0.2, 0.25) is 0 Å². The average molecular weight is 166 g/mol. The van der Waals surface area contributed by atoms with Crippen LogP contribution in [-0.4, -0.2) is 11.7 Å². The van der Waals surface area contributed by atoms with Gasteiger partial charge in [-0.25, -0.2) is 0 Å². The largest absolute Gasteiger partial charge is 0.395 e. The van der Waals surface area contributed by atoms with Gasteiger partial charge in [-0.15, -0.1) is 6.58 Å². The molecule has 0 amide bonds. The van der Waals surface area contributed by atoms with E-state index in [1.807, 2.05) is 44.2 Å². The van der Waals surface area contributed by atoms with Crippen LogP contribution in [0.4, 0.5) is 0 Å². The molecule has 0 heterocycles. The van der Waals surface area contributed by atoms with Crippen LogP contribution in [0, 0.1) is 5.41 Å². The van der Waals surface area contributed by atoms with Gasteiger partial charge in [0.1, 0.15) is 0 Å². The van der Waals surface area contributed by atoms with Crippen molar-refractivity contribution in [2.75, 3.05) is 6.61 Å². The third kappa shape index (κ3) is 3.05. The van der Waals surface area contributed by atoms with E-state index >= 15 is 0 Å². The first-order valence-corrected chi connectivity index (χ1v) is 4.24. The Morgan fingerprint density at radius 3 is 2.00 bits per heavy atom. The molecule has 0 unspecified atom stereocenters. The molecule has 1 heteroatoms. The van der Waals surface area contributed by atoms with Gasteiger partial charge in [0.25, 0.3) is 0 Å². The number of rotatable bonds is 5. The molecule has 0 rings (SSSR count). The van der Waals surface area contributed by atoms with E-state index in [0.29, 0.717) is 0 Å². The summed E-state index contributed by atoms with van der Waals surface area (Å²) in [4.78, 5) is 0. The van der Waals surface area contributed by atoms with Crippen LogP contribution in [0.15, 0.2) is 37.0 Å². The lowest BCUT2D eigenvalue weighted by Gasteiger charge is -2.22. The maximum atomic E-state index is 9.22. The lowest BCUT2D eigenvalue weighted by molar-refractivity contribution is 0.208. The van der Waals surface area contributed by atoms with Crippen LogP contribution in [0.5, 0.6) is 0 Å². The molecule has 0 radical (unpaired) electrons. The van der Waals surface area contributed by atoms with Crippen molar-refractivity contribution in [3.05, 3.63) is 37.0 Å². The molecule has 0 aromatic heterocycles. The zero-order valence-electron chi connectivity index (χ0n) is 7.96. The number of allylic oxidation sites excluding steroid dienone is 3. The number of hydrogen-bond donors (Lipinski definition) is 1. The molecule has 68 valence electrons. The molecular weight excluding hydrogens is 148 g/mol. The highest BCUT2D eigenvalue weighted by molar-refractivity contribution is 5.12. The summed E-state index contributed by atoms with van der Waals surface area (Å²) in [5, 5.41) is 9.22. The van der Waals surface area contributed by atoms with Crippen LogP contribution >= 0.6 is 0 Å². The van der Waals surface area contributed by atoms with Gasteiger partial charge in [-0.05, 0) is 20.3 Å². The van der Waals surface area contributed by atoms with Crippen LogP contribution in [0.1, 0.15) is 20.3 Å². The standard InChI is InChI=1S/C11H18O/c1-4-7-11(10-12,8-5-2)9-6-3/h4-6,8-9,12H,1,7,10H2,2-3H3. The van der Waals surface area contributed by atoms with Gasteiger partial charge >= 0.3 is 0 Å². The zero-order valence-corrected chi connectivity index (χ0v) is 7.96. The molecule has 0 aliphatic heterocycles. The highest BCUT2D eigenvalue weighted by atomic mass is 16.3. The first kappa shape index (κ1) is 11.2. The van der Waals surface area contributed by atoms with Crippen molar-refractivity contribution in [1.82, 2.24) is 0 Å². The highest BCUT2D eigenvalue weighted by Crippen LogP contribution is 2.25. The van der Waals surface area contributed by atoms with Gasteiger partial charge in [0.05, 0.1) is 6.61 Å². The fourth-order valence-electron chi connectivity index (χ4n) is 1.29. The zero-order chi connectivity index (χ0) is 9.45.